The predicted molar refractivity (Wildman–Crippen MR) is 75.9 cm³/mol. The summed E-state index contributed by atoms with van der Waals surface area (Å²) in [7, 11) is 0. The van der Waals surface area contributed by atoms with Crippen molar-refractivity contribution >= 4 is 23.3 Å². The number of carboxylic acid groups (broad SMARTS) is 1. The van der Waals surface area contributed by atoms with Crippen LogP contribution in [0.1, 0.15) is 29.5 Å². The van der Waals surface area contributed by atoms with E-state index in [9.17, 15) is 9.59 Å². The highest BCUT2D eigenvalue weighted by Crippen LogP contribution is 2.18. The zero-order valence-electron chi connectivity index (χ0n) is 11.3. The van der Waals surface area contributed by atoms with E-state index in [0.717, 1.165) is 12.2 Å². The zero-order valence-corrected chi connectivity index (χ0v) is 12.1. The maximum Gasteiger partial charge on any atom is 0.331 e. The number of urea groups is 1. The Balaban J connectivity index is 1.89. The lowest BCUT2D eigenvalue weighted by Gasteiger charge is -2.13. The second kappa shape index (κ2) is 6.89. The SMILES string of the molecule is CCc1cnc(CNC(=O)NC(C(=O)O)c2cccs2)o1. The monoisotopic (exact) mass is 309 g/mol. The van der Waals surface area contributed by atoms with Crippen LogP contribution in [-0.4, -0.2) is 22.1 Å². The van der Waals surface area contributed by atoms with Crippen molar-refractivity contribution < 1.29 is 19.1 Å². The van der Waals surface area contributed by atoms with E-state index in [1.54, 1.807) is 23.7 Å². The van der Waals surface area contributed by atoms with Gasteiger partial charge in [-0.25, -0.2) is 14.6 Å². The van der Waals surface area contributed by atoms with Gasteiger partial charge in [-0.3, -0.25) is 0 Å². The fourth-order valence-corrected chi connectivity index (χ4v) is 2.41. The number of thiophene rings is 1. The summed E-state index contributed by atoms with van der Waals surface area (Å²) in [6.45, 7) is 2.03. The predicted octanol–water partition coefficient (Wildman–Crippen LogP) is 1.92. The van der Waals surface area contributed by atoms with Crippen LogP contribution in [-0.2, 0) is 17.8 Å². The molecule has 0 aromatic carbocycles. The smallest absolute Gasteiger partial charge is 0.331 e. The first-order chi connectivity index (χ1) is 10.1. The third-order valence-corrected chi connectivity index (χ3v) is 3.64. The Labute approximate surface area is 125 Å². The molecule has 0 aliphatic carbocycles. The highest BCUT2D eigenvalue weighted by atomic mass is 32.1. The van der Waals surface area contributed by atoms with Gasteiger partial charge in [-0.1, -0.05) is 13.0 Å². The van der Waals surface area contributed by atoms with Crippen LogP contribution >= 0.6 is 11.3 Å². The van der Waals surface area contributed by atoms with Crippen molar-refractivity contribution in [3.8, 4) is 0 Å². The highest BCUT2D eigenvalue weighted by Gasteiger charge is 2.22. The maximum atomic E-state index is 11.8. The molecule has 0 aliphatic rings. The number of hydrogen-bond acceptors (Lipinski definition) is 5. The highest BCUT2D eigenvalue weighted by molar-refractivity contribution is 7.10. The molecule has 7 nitrogen and oxygen atoms in total. The molecule has 0 radical (unpaired) electrons. The molecule has 2 amide bonds. The van der Waals surface area contributed by atoms with Gasteiger partial charge in [-0.2, -0.15) is 0 Å². The lowest BCUT2D eigenvalue weighted by molar-refractivity contribution is -0.139. The number of aliphatic carboxylic acids is 1. The van der Waals surface area contributed by atoms with Crippen molar-refractivity contribution in [1.82, 2.24) is 15.6 Å². The van der Waals surface area contributed by atoms with E-state index in [0.29, 0.717) is 10.8 Å². The van der Waals surface area contributed by atoms with E-state index in [-0.39, 0.29) is 6.54 Å². The molecule has 0 saturated heterocycles. The second-order valence-electron chi connectivity index (χ2n) is 4.19. The number of nitrogens with zero attached hydrogens (tertiary/aromatic N) is 1. The number of amides is 2. The fraction of sp³-hybridized carbons (Fsp3) is 0.308. The Morgan fingerprint density at radius 3 is 2.90 bits per heavy atom. The summed E-state index contributed by atoms with van der Waals surface area (Å²) in [5, 5.41) is 15.8. The summed E-state index contributed by atoms with van der Waals surface area (Å²) in [6, 6.07) is 1.73. The molecule has 3 N–H and O–H groups in total. The molecule has 2 aromatic heterocycles. The fourth-order valence-electron chi connectivity index (χ4n) is 1.64. The molecule has 0 saturated carbocycles. The first-order valence-electron chi connectivity index (χ1n) is 6.34. The molecule has 112 valence electrons. The van der Waals surface area contributed by atoms with Crippen LogP contribution in [0.4, 0.5) is 4.79 Å². The third kappa shape index (κ3) is 4.06. The molecule has 2 heterocycles. The Hall–Kier alpha value is -2.35. The van der Waals surface area contributed by atoms with Crippen LogP contribution in [0.15, 0.2) is 28.1 Å². The van der Waals surface area contributed by atoms with Crippen LogP contribution in [0.2, 0.25) is 0 Å². The van der Waals surface area contributed by atoms with Gasteiger partial charge >= 0.3 is 12.0 Å². The molecule has 21 heavy (non-hydrogen) atoms. The molecular formula is C13H15N3O4S. The maximum absolute atomic E-state index is 11.8. The Kier molecular flexibility index (Phi) is 4.94. The zero-order chi connectivity index (χ0) is 15.2. The van der Waals surface area contributed by atoms with Crippen molar-refractivity contribution in [2.24, 2.45) is 0 Å². The quantitative estimate of drug-likeness (QED) is 0.756. The minimum Gasteiger partial charge on any atom is -0.479 e. The van der Waals surface area contributed by atoms with Crippen molar-refractivity contribution in [3.05, 3.63) is 40.2 Å². The van der Waals surface area contributed by atoms with E-state index >= 15 is 0 Å². The summed E-state index contributed by atoms with van der Waals surface area (Å²) < 4.78 is 5.34. The lowest BCUT2D eigenvalue weighted by Crippen LogP contribution is -2.40. The molecule has 2 aromatic rings. The number of rotatable bonds is 6. The minimum atomic E-state index is -1.11. The summed E-state index contributed by atoms with van der Waals surface area (Å²) in [6.07, 6.45) is 2.32. The molecular weight excluding hydrogens is 294 g/mol. The van der Waals surface area contributed by atoms with Gasteiger partial charge in [0.1, 0.15) is 5.76 Å². The van der Waals surface area contributed by atoms with E-state index < -0.39 is 18.0 Å². The van der Waals surface area contributed by atoms with Gasteiger partial charge in [0.15, 0.2) is 6.04 Å². The molecule has 1 unspecified atom stereocenters. The number of aromatic nitrogens is 1. The average molecular weight is 309 g/mol. The Morgan fingerprint density at radius 1 is 1.52 bits per heavy atom. The third-order valence-electron chi connectivity index (χ3n) is 2.70. The van der Waals surface area contributed by atoms with Crippen LogP contribution in [0.3, 0.4) is 0 Å². The van der Waals surface area contributed by atoms with Crippen molar-refractivity contribution in [2.45, 2.75) is 25.9 Å². The van der Waals surface area contributed by atoms with Gasteiger partial charge in [0.05, 0.1) is 12.7 Å². The van der Waals surface area contributed by atoms with Crippen LogP contribution in [0, 0.1) is 0 Å². The number of carbonyl (C=O) groups excluding carboxylic acids is 1. The van der Waals surface area contributed by atoms with Crippen LogP contribution in [0.25, 0.3) is 0 Å². The number of nitrogens with one attached hydrogen (secondary N) is 2. The standard InChI is InChI=1S/C13H15N3O4S/c1-2-8-6-14-10(20-8)7-15-13(19)16-11(12(17)18)9-4-3-5-21-9/h3-6,11H,2,7H2,1H3,(H,17,18)(H2,15,16,19). The topological polar surface area (TPSA) is 104 Å². The minimum absolute atomic E-state index is 0.0998. The average Bonchev–Trinajstić information content (AvgIpc) is 3.13. The molecule has 0 fully saturated rings. The van der Waals surface area contributed by atoms with Crippen LogP contribution < -0.4 is 10.6 Å². The van der Waals surface area contributed by atoms with Gasteiger partial charge in [0, 0.05) is 11.3 Å². The van der Waals surface area contributed by atoms with Gasteiger partial charge in [0.2, 0.25) is 5.89 Å². The first-order valence-corrected chi connectivity index (χ1v) is 7.22. The molecule has 8 heteroatoms. The summed E-state index contributed by atoms with van der Waals surface area (Å²) in [4.78, 5) is 27.5. The van der Waals surface area contributed by atoms with Crippen molar-refractivity contribution in [3.63, 3.8) is 0 Å². The van der Waals surface area contributed by atoms with Crippen LogP contribution in [0.5, 0.6) is 0 Å². The lowest BCUT2D eigenvalue weighted by atomic mass is 10.2. The Bertz CT molecular complexity index is 609. The number of carboxylic acids is 1. The number of hydrogen-bond donors (Lipinski definition) is 3. The Morgan fingerprint density at radius 2 is 2.33 bits per heavy atom. The van der Waals surface area contributed by atoms with Gasteiger partial charge < -0.3 is 20.2 Å². The first kappa shape index (κ1) is 15.0. The summed E-state index contributed by atoms with van der Waals surface area (Å²) in [5.41, 5.74) is 0. The summed E-state index contributed by atoms with van der Waals surface area (Å²) >= 11 is 1.27. The number of oxazole rings is 1. The van der Waals surface area contributed by atoms with Gasteiger partial charge in [-0.05, 0) is 11.4 Å². The normalized spacial score (nSPS) is 11.9. The largest absolute Gasteiger partial charge is 0.479 e. The second-order valence-corrected chi connectivity index (χ2v) is 5.17. The molecule has 0 bridgehead atoms. The van der Waals surface area contributed by atoms with Crippen molar-refractivity contribution in [2.75, 3.05) is 0 Å². The molecule has 0 aliphatic heterocycles. The van der Waals surface area contributed by atoms with E-state index in [2.05, 4.69) is 15.6 Å². The summed E-state index contributed by atoms with van der Waals surface area (Å²) in [5.74, 6) is -0.00352. The molecule has 1 atom stereocenters. The van der Waals surface area contributed by atoms with Gasteiger partial charge in [-0.15, -0.1) is 11.3 Å². The van der Waals surface area contributed by atoms with E-state index in [1.807, 2.05) is 6.92 Å². The molecule has 0 spiro atoms. The number of aryl methyl sites for hydroxylation is 1. The molecule has 2 rings (SSSR count). The van der Waals surface area contributed by atoms with Crippen molar-refractivity contribution in [1.29, 1.82) is 0 Å². The number of carbonyl (C=O) groups is 2. The van der Waals surface area contributed by atoms with Gasteiger partial charge in [0.25, 0.3) is 0 Å². The van der Waals surface area contributed by atoms with E-state index in [1.165, 1.54) is 11.3 Å². The van der Waals surface area contributed by atoms with E-state index in [4.69, 9.17) is 9.52 Å².